The molecule has 1 saturated carbocycles. The Balaban J connectivity index is 1.26. The van der Waals surface area contributed by atoms with E-state index in [0.717, 1.165) is 64.5 Å². The topological polar surface area (TPSA) is 86.8 Å². The highest BCUT2D eigenvalue weighted by Crippen LogP contribution is 2.37. The van der Waals surface area contributed by atoms with Gasteiger partial charge in [-0.05, 0) is 67.6 Å². The molecule has 0 aromatic carbocycles. The summed E-state index contributed by atoms with van der Waals surface area (Å²) in [6.45, 7) is 15.8. The van der Waals surface area contributed by atoms with Crippen LogP contribution in [0.5, 0.6) is 0 Å². The number of unbranched alkanes of at least 4 members (excludes halogenated alkanes) is 2. The number of imide groups is 1. The Kier molecular flexibility index (Phi) is 9.85. The predicted molar refractivity (Wildman–Crippen MR) is 145 cm³/mol. The number of carbonyl (C=O) groups is 4. The van der Waals surface area contributed by atoms with E-state index in [2.05, 4.69) is 26.1 Å². The second-order valence-electron chi connectivity index (χ2n) is 14.0. The predicted octanol–water partition coefficient (Wildman–Crippen LogP) is 4.79. The van der Waals surface area contributed by atoms with Gasteiger partial charge in [0.05, 0.1) is 5.92 Å². The molecule has 0 radical (unpaired) electrons. The Morgan fingerprint density at radius 3 is 2.14 bits per heavy atom. The van der Waals surface area contributed by atoms with Crippen LogP contribution >= 0.6 is 0 Å². The van der Waals surface area contributed by atoms with E-state index in [1.165, 1.54) is 4.90 Å². The quantitative estimate of drug-likeness (QED) is 0.352. The number of amides is 4. The van der Waals surface area contributed by atoms with Gasteiger partial charge in [0.25, 0.3) is 0 Å². The zero-order chi connectivity index (χ0) is 27.4. The lowest BCUT2D eigenvalue weighted by Gasteiger charge is -2.31. The first-order valence-electron chi connectivity index (χ1n) is 14.7. The Morgan fingerprint density at radius 1 is 0.892 bits per heavy atom. The third-order valence-corrected chi connectivity index (χ3v) is 9.08. The van der Waals surface area contributed by atoms with Crippen molar-refractivity contribution in [2.24, 2.45) is 34.5 Å². The summed E-state index contributed by atoms with van der Waals surface area (Å²) in [5, 5.41) is 3.09. The van der Waals surface area contributed by atoms with Crippen molar-refractivity contribution in [2.45, 2.75) is 106 Å². The second-order valence-corrected chi connectivity index (χ2v) is 14.0. The first-order chi connectivity index (χ1) is 17.3. The molecule has 0 aromatic heterocycles. The third-order valence-electron chi connectivity index (χ3n) is 9.08. The summed E-state index contributed by atoms with van der Waals surface area (Å²) < 4.78 is 0. The van der Waals surface area contributed by atoms with Gasteiger partial charge in [-0.15, -0.1) is 0 Å². The monoisotopic (exact) mass is 517 g/mol. The van der Waals surface area contributed by atoms with Gasteiger partial charge in [0.1, 0.15) is 0 Å². The molecule has 0 spiro atoms. The normalized spacial score (nSPS) is 27.2. The molecule has 3 rings (SSSR count). The van der Waals surface area contributed by atoms with Crippen LogP contribution in [-0.2, 0) is 19.2 Å². The fraction of sp³-hybridized carbons (Fsp3) is 0.867. The van der Waals surface area contributed by atoms with Crippen molar-refractivity contribution in [1.29, 1.82) is 0 Å². The highest BCUT2D eigenvalue weighted by molar-refractivity contribution is 6.03. The number of hydrogen-bond acceptors (Lipinski definition) is 4. The molecule has 37 heavy (non-hydrogen) atoms. The Morgan fingerprint density at radius 2 is 1.57 bits per heavy atom. The van der Waals surface area contributed by atoms with Crippen LogP contribution in [0.2, 0.25) is 0 Å². The van der Waals surface area contributed by atoms with Crippen LogP contribution in [0.1, 0.15) is 106 Å². The SMILES string of the molecule is CC(C)(C)C1CCN(C(=O)CCCCCNC(=O)C2CCC(CN3C(=O)CC(C(C)(C)C)C3=O)CC2)C1. The van der Waals surface area contributed by atoms with Crippen LogP contribution in [0.25, 0.3) is 0 Å². The van der Waals surface area contributed by atoms with Gasteiger partial charge < -0.3 is 10.2 Å². The van der Waals surface area contributed by atoms with Crippen molar-refractivity contribution in [1.82, 2.24) is 15.1 Å². The molecular formula is C30H51N3O4. The molecule has 2 saturated heterocycles. The Hall–Kier alpha value is -1.92. The number of rotatable bonds is 9. The van der Waals surface area contributed by atoms with E-state index in [1.807, 2.05) is 25.7 Å². The molecule has 7 heteroatoms. The molecular weight excluding hydrogens is 466 g/mol. The molecule has 3 aliphatic rings. The van der Waals surface area contributed by atoms with E-state index in [9.17, 15) is 19.2 Å². The van der Waals surface area contributed by atoms with Crippen LogP contribution in [-0.4, -0.2) is 59.6 Å². The summed E-state index contributed by atoms with van der Waals surface area (Å²) in [5.74, 6) is 1.03. The van der Waals surface area contributed by atoms with Crippen molar-refractivity contribution in [3.8, 4) is 0 Å². The molecule has 0 bridgehead atoms. The maximum atomic E-state index is 12.8. The smallest absolute Gasteiger partial charge is 0.233 e. The van der Waals surface area contributed by atoms with Crippen molar-refractivity contribution < 1.29 is 19.2 Å². The van der Waals surface area contributed by atoms with Crippen LogP contribution < -0.4 is 5.32 Å². The largest absolute Gasteiger partial charge is 0.356 e. The van der Waals surface area contributed by atoms with Gasteiger partial charge >= 0.3 is 0 Å². The van der Waals surface area contributed by atoms with E-state index in [-0.39, 0.29) is 46.3 Å². The van der Waals surface area contributed by atoms with Crippen LogP contribution in [0.3, 0.4) is 0 Å². The van der Waals surface area contributed by atoms with Crippen LogP contribution in [0.4, 0.5) is 0 Å². The molecule has 2 atom stereocenters. The van der Waals surface area contributed by atoms with E-state index < -0.39 is 0 Å². The van der Waals surface area contributed by atoms with Crippen molar-refractivity contribution in [2.75, 3.05) is 26.2 Å². The highest BCUT2D eigenvalue weighted by atomic mass is 16.2. The molecule has 1 aliphatic carbocycles. The number of likely N-dealkylation sites (tertiary alicyclic amines) is 2. The van der Waals surface area contributed by atoms with Gasteiger partial charge in [0, 0.05) is 44.9 Å². The summed E-state index contributed by atoms with van der Waals surface area (Å²) >= 11 is 0. The first kappa shape index (κ1) is 29.6. The number of carbonyl (C=O) groups excluding carboxylic acids is 4. The minimum atomic E-state index is -0.221. The zero-order valence-corrected chi connectivity index (χ0v) is 24.2. The molecule has 1 N–H and O–H groups in total. The minimum Gasteiger partial charge on any atom is -0.356 e. The van der Waals surface area contributed by atoms with E-state index >= 15 is 0 Å². The molecule has 4 amide bonds. The standard InChI is InChI=1S/C30H51N3O4/c1-29(2,3)23-15-17-32(20-23)25(34)10-8-7-9-16-31-27(36)22-13-11-21(12-14-22)19-33-26(35)18-24(28(33)37)30(4,5)6/h21-24H,7-20H2,1-6H3,(H,31,36). The van der Waals surface area contributed by atoms with Crippen LogP contribution in [0, 0.1) is 34.5 Å². The number of hydrogen-bond donors (Lipinski definition) is 1. The average molecular weight is 518 g/mol. The molecule has 2 aliphatic heterocycles. The summed E-state index contributed by atoms with van der Waals surface area (Å²) in [4.78, 5) is 53.9. The van der Waals surface area contributed by atoms with Crippen molar-refractivity contribution in [3.63, 3.8) is 0 Å². The van der Waals surface area contributed by atoms with Gasteiger partial charge in [0.15, 0.2) is 0 Å². The maximum absolute atomic E-state index is 12.8. The number of nitrogens with one attached hydrogen (secondary N) is 1. The Bertz CT molecular complexity index is 833. The summed E-state index contributed by atoms with van der Waals surface area (Å²) in [6.07, 6.45) is 8.14. The molecule has 2 unspecified atom stereocenters. The van der Waals surface area contributed by atoms with Gasteiger partial charge in [-0.2, -0.15) is 0 Å². The van der Waals surface area contributed by atoms with Crippen molar-refractivity contribution >= 4 is 23.6 Å². The summed E-state index contributed by atoms with van der Waals surface area (Å²) in [5.41, 5.74) is 0.0601. The molecule has 2 heterocycles. The third kappa shape index (κ3) is 8.03. The Labute approximate surface area is 224 Å². The second kappa shape index (κ2) is 12.3. The lowest BCUT2D eigenvalue weighted by molar-refractivity contribution is -0.141. The zero-order valence-electron chi connectivity index (χ0n) is 24.2. The summed E-state index contributed by atoms with van der Waals surface area (Å²) in [7, 11) is 0. The maximum Gasteiger partial charge on any atom is 0.233 e. The highest BCUT2D eigenvalue weighted by Gasteiger charge is 2.45. The van der Waals surface area contributed by atoms with E-state index in [1.54, 1.807) is 0 Å². The fourth-order valence-corrected chi connectivity index (χ4v) is 6.20. The lowest BCUT2D eigenvalue weighted by Crippen LogP contribution is -2.39. The fourth-order valence-electron chi connectivity index (χ4n) is 6.20. The van der Waals surface area contributed by atoms with Crippen molar-refractivity contribution in [3.05, 3.63) is 0 Å². The molecule has 7 nitrogen and oxygen atoms in total. The minimum absolute atomic E-state index is 0.0198. The van der Waals surface area contributed by atoms with Crippen LogP contribution in [0.15, 0.2) is 0 Å². The average Bonchev–Trinajstić information content (AvgIpc) is 3.43. The lowest BCUT2D eigenvalue weighted by atomic mass is 9.79. The number of nitrogens with zero attached hydrogens (tertiary/aromatic N) is 2. The molecule has 0 aromatic rings. The first-order valence-corrected chi connectivity index (χ1v) is 14.7. The summed E-state index contributed by atoms with van der Waals surface area (Å²) in [6, 6.07) is 0. The molecule has 210 valence electrons. The van der Waals surface area contributed by atoms with Gasteiger partial charge in [-0.1, -0.05) is 48.0 Å². The van der Waals surface area contributed by atoms with Gasteiger partial charge in [-0.25, -0.2) is 0 Å². The van der Waals surface area contributed by atoms with E-state index in [4.69, 9.17) is 0 Å². The van der Waals surface area contributed by atoms with E-state index in [0.29, 0.717) is 37.8 Å². The van der Waals surface area contributed by atoms with Gasteiger partial charge in [0.2, 0.25) is 23.6 Å². The van der Waals surface area contributed by atoms with Gasteiger partial charge in [-0.3, -0.25) is 24.1 Å². The molecule has 3 fully saturated rings.